The van der Waals surface area contributed by atoms with Gasteiger partial charge in [0.15, 0.2) is 0 Å². The second kappa shape index (κ2) is 8.33. The summed E-state index contributed by atoms with van der Waals surface area (Å²) in [7, 11) is 1.63. The lowest BCUT2D eigenvalue weighted by Crippen LogP contribution is -2.53. The van der Waals surface area contributed by atoms with Crippen LogP contribution in [0.15, 0.2) is 33.2 Å². The molecule has 3 heterocycles. The fraction of sp³-hybridized carbons (Fsp3) is 0.409. The topological polar surface area (TPSA) is 101 Å². The summed E-state index contributed by atoms with van der Waals surface area (Å²) in [5, 5.41) is 7.73. The molecular formula is C22H26N4O5. The number of nitrogens with zero attached hydrogens (tertiary/aromatic N) is 3. The maximum absolute atomic E-state index is 12.8. The van der Waals surface area contributed by atoms with Crippen LogP contribution in [0.1, 0.15) is 40.5 Å². The minimum atomic E-state index is -0.303. The molecule has 3 aromatic rings. The van der Waals surface area contributed by atoms with Gasteiger partial charge >= 0.3 is 6.03 Å². The summed E-state index contributed by atoms with van der Waals surface area (Å²) in [6, 6.07) is 6.77. The number of nitrogens with one attached hydrogen (secondary N) is 1. The second-order valence-electron chi connectivity index (χ2n) is 7.74. The summed E-state index contributed by atoms with van der Waals surface area (Å²) in [5.41, 5.74) is 2.39. The summed E-state index contributed by atoms with van der Waals surface area (Å²) in [4.78, 5) is 28.6. The monoisotopic (exact) mass is 426 g/mol. The minimum absolute atomic E-state index is 0.187. The fourth-order valence-corrected chi connectivity index (χ4v) is 3.83. The lowest BCUT2D eigenvalue weighted by molar-refractivity contribution is 0.0623. The molecule has 1 aliphatic heterocycles. The molecule has 1 N–H and O–H groups in total. The number of urea groups is 1. The molecule has 2 aromatic heterocycles. The van der Waals surface area contributed by atoms with Crippen molar-refractivity contribution in [2.24, 2.45) is 0 Å². The van der Waals surface area contributed by atoms with Crippen molar-refractivity contribution in [2.45, 2.75) is 26.8 Å². The molecule has 164 valence electrons. The van der Waals surface area contributed by atoms with Gasteiger partial charge in [-0.1, -0.05) is 5.16 Å². The number of fused-ring (bicyclic) bond motifs is 1. The lowest BCUT2D eigenvalue weighted by Gasteiger charge is -2.34. The number of methoxy groups -OCH3 is 1. The van der Waals surface area contributed by atoms with Gasteiger partial charge in [-0.05, 0) is 39.0 Å². The maximum Gasteiger partial charge on any atom is 0.318 e. The number of hydrogen-bond acceptors (Lipinski definition) is 6. The van der Waals surface area contributed by atoms with Gasteiger partial charge in [0.2, 0.25) is 5.76 Å². The average Bonchev–Trinajstić information content (AvgIpc) is 3.36. The fourth-order valence-electron chi connectivity index (χ4n) is 3.83. The van der Waals surface area contributed by atoms with E-state index in [0.29, 0.717) is 37.6 Å². The molecule has 1 atom stereocenters. The van der Waals surface area contributed by atoms with Gasteiger partial charge in [-0.3, -0.25) is 4.79 Å². The summed E-state index contributed by atoms with van der Waals surface area (Å²) in [6.07, 6.45) is 0. The number of rotatable bonds is 4. The Morgan fingerprint density at radius 2 is 1.84 bits per heavy atom. The lowest BCUT2D eigenvalue weighted by atomic mass is 10.1. The first kappa shape index (κ1) is 20.8. The van der Waals surface area contributed by atoms with Crippen LogP contribution in [0.2, 0.25) is 0 Å². The highest BCUT2D eigenvalue weighted by molar-refractivity contribution is 5.91. The van der Waals surface area contributed by atoms with E-state index in [4.69, 9.17) is 13.7 Å². The van der Waals surface area contributed by atoms with Crippen LogP contribution in [-0.4, -0.2) is 60.2 Å². The van der Waals surface area contributed by atoms with Crippen LogP contribution in [0.4, 0.5) is 4.79 Å². The predicted octanol–water partition coefficient (Wildman–Crippen LogP) is 3.27. The third-order valence-electron chi connectivity index (χ3n) is 5.61. The number of aromatic nitrogens is 1. The van der Waals surface area contributed by atoms with Crippen molar-refractivity contribution >= 4 is 22.9 Å². The van der Waals surface area contributed by atoms with E-state index in [1.54, 1.807) is 29.9 Å². The van der Waals surface area contributed by atoms with Crippen LogP contribution in [-0.2, 0) is 0 Å². The van der Waals surface area contributed by atoms with E-state index < -0.39 is 0 Å². The first-order valence-electron chi connectivity index (χ1n) is 10.2. The zero-order chi connectivity index (χ0) is 22.1. The number of amides is 3. The van der Waals surface area contributed by atoms with Crippen LogP contribution < -0.4 is 10.1 Å². The maximum atomic E-state index is 12.8. The molecule has 1 aliphatic rings. The summed E-state index contributed by atoms with van der Waals surface area (Å²) in [6.45, 7) is 7.38. The van der Waals surface area contributed by atoms with E-state index in [1.807, 2.05) is 32.0 Å². The van der Waals surface area contributed by atoms with Crippen molar-refractivity contribution in [2.75, 3.05) is 33.3 Å². The molecular weight excluding hydrogens is 400 g/mol. The summed E-state index contributed by atoms with van der Waals surface area (Å²) in [5.74, 6) is 1.49. The van der Waals surface area contributed by atoms with E-state index in [0.717, 1.165) is 22.3 Å². The molecule has 3 amide bonds. The molecule has 0 saturated carbocycles. The van der Waals surface area contributed by atoms with E-state index >= 15 is 0 Å². The zero-order valence-corrected chi connectivity index (χ0v) is 18.1. The van der Waals surface area contributed by atoms with Crippen molar-refractivity contribution < 1.29 is 23.3 Å². The Morgan fingerprint density at radius 3 is 2.48 bits per heavy atom. The molecule has 0 aliphatic carbocycles. The molecule has 1 unspecified atom stereocenters. The standard InChI is InChI=1S/C22H26N4O5/c1-13-11-19(31-24-13)21(27)25-7-9-26(10-8-25)22(28)23-15(3)20-14(2)17-12-16(29-4)5-6-18(17)30-20/h5-6,11-12,15H,7-10H2,1-4H3,(H,23,28). The van der Waals surface area contributed by atoms with Crippen LogP contribution in [0.3, 0.4) is 0 Å². The van der Waals surface area contributed by atoms with Crippen molar-refractivity contribution in [1.82, 2.24) is 20.3 Å². The van der Waals surface area contributed by atoms with Gasteiger partial charge < -0.3 is 28.8 Å². The smallest absolute Gasteiger partial charge is 0.318 e. The number of ether oxygens (including phenoxy) is 1. The highest BCUT2D eigenvalue weighted by Crippen LogP contribution is 2.32. The number of carbonyl (C=O) groups is 2. The molecule has 9 nitrogen and oxygen atoms in total. The highest BCUT2D eigenvalue weighted by Gasteiger charge is 2.28. The third-order valence-corrected chi connectivity index (χ3v) is 5.61. The number of benzene rings is 1. The van der Waals surface area contributed by atoms with Gasteiger partial charge in [-0.2, -0.15) is 0 Å². The molecule has 0 bridgehead atoms. The van der Waals surface area contributed by atoms with Crippen LogP contribution in [0.5, 0.6) is 5.75 Å². The Kier molecular flexibility index (Phi) is 5.58. The average molecular weight is 426 g/mol. The van der Waals surface area contributed by atoms with Gasteiger partial charge in [0.1, 0.15) is 17.1 Å². The molecule has 0 spiro atoms. The van der Waals surface area contributed by atoms with Crippen LogP contribution in [0.25, 0.3) is 11.0 Å². The first-order valence-corrected chi connectivity index (χ1v) is 10.2. The molecule has 1 saturated heterocycles. The first-order chi connectivity index (χ1) is 14.9. The molecule has 9 heteroatoms. The van der Waals surface area contributed by atoms with E-state index in [1.165, 1.54) is 0 Å². The molecule has 1 fully saturated rings. The summed E-state index contributed by atoms with van der Waals surface area (Å²) >= 11 is 0. The Hall–Kier alpha value is -3.49. The predicted molar refractivity (Wildman–Crippen MR) is 113 cm³/mol. The number of hydrogen-bond donors (Lipinski definition) is 1. The normalized spacial score (nSPS) is 15.2. The quantitative estimate of drug-likeness (QED) is 0.687. The molecule has 31 heavy (non-hydrogen) atoms. The number of aryl methyl sites for hydroxylation is 2. The Labute approximate surface area is 179 Å². The van der Waals surface area contributed by atoms with Crippen molar-refractivity contribution in [3.05, 3.63) is 47.0 Å². The van der Waals surface area contributed by atoms with Gasteiger partial charge in [0, 0.05) is 43.2 Å². The summed E-state index contributed by atoms with van der Waals surface area (Å²) < 4.78 is 16.3. The van der Waals surface area contributed by atoms with Gasteiger partial charge in [0.25, 0.3) is 5.91 Å². The Morgan fingerprint density at radius 1 is 1.13 bits per heavy atom. The highest BCUT2D eigenvalue weighted by atomic mass is 16.5. The van der Waals surface area contributed by atoms with Crippen molar-refractivity contribution in [3.8, 4) is 5.75 Å². The molecule has 4 rings (SSSR count). The third kappa shape index (κ3) is 4.08. The van der Waals surface area contributed by atoms with E-state index in [9.17, 15) is 9.59 Å². The largest absolute Gasteiger partial charge is 0.497 e. The minimum Gasteiger partial charge on any atom is -0.497 e. The van der Waals surface area contributed by atoms with Crippen LogP contribution >= 0.6 is 0 Å². The number of piperazine rings is 1. The number of carbonyl (C=O) groups excluding carboxylic acids is 2. The van der Waals surface area contributed by atoms with Crippen molar-refractivity contribution in [1.29, 1.82) is 0 Å². The van der Waals surface area contributed by atoms with Gasteiger partial charge in [-0.25, -0.2) is 4.79 Å². The Balaban J connectivity index is 1.37. The van der Waals surface area contributed by atoms with Gasteiger partial charge in [-0.15, -0.1) is 0 Å². The second-order valence-corrected chi connectivity index (χ2v) is 7.74. The van der Waals surface area contributed by atoms with Crippen molar-refractivity contribution in [3.63, 3.8) is 0 Å². The van der Waals surface area contributed by atoms with E-state index in [-0.39, 0.29) is 23.7 Å². The Bertz CT molecular complexity index is 1110. The molecule has 1 aromatic carbocycles. The van der Waals surface area contributed by atoms with E-state index in [2.05, 4.69) is 10.5 Å². The zero-order valence-electron chi connectivity index (χ0n) is 18.1. The van der Waals surface area contributed by atoms with Gasteiger partial charge in [0.05, 0.1) is 18.8 Å². The van der Waals surface area contributed by atoms with Crippen LogP contribution in [0, 0.1) is 13.8 Å². The molecule has 0 radical (unpaired) electrons. The number of furan rings is 1. The SMILES string of the molecule is COc1ccc2oc(C(C)NC(=O)N3CCN(C(=O)c4cc(C)no4)CC3)c(C)c2c1.